The molecular weight excluding hydrogens is 324 g/mol. The zero-order valence-electron chi connectivity index (χ0n) is 13.3. The van der Waals surface area contributed by atoms with Gasteiger partial charge in [-0.1, -0.05) is 35.5 Å². The van der Waals surface area contributed by atoms with E-state index in [-0.39, 0.29) is 36.1 Å². The average Bonchev–Trinajstić information content (AvgIpc) is 3.27. The van der Waals surface area contributed by atoms with Crippen LogP contribution in [0, 0.1) is 0 Å². The molecule has 8 heteroatoms. The molecule has 0 radical (unpaired) electrons. The molecular formula is C17H16N4O4. The third-order valence-electron chi connectivity index (χ3n) is 4.24. The van der Waals surface area contributed by atoms with E-state index in [0.717, 1.165) is 5.56 Å². The number of benzene rings is 1. The van der Waals surface area contributed by atoms with Crippen LogP contribution in [0.3, 0.4) is 0 Å². The molecule has 8 nitrogen and oxygen atoms in total. The lowest BCUT2D eigenvalue weighted by Crippen LogP contribution is -2.43. The van der Waals surface area contributed by atoms with Crippen LogP contribution in [-0.2, 0) is 6.61 Å². The summed E-state index contributed by atoms with van der Waals surface area (Å²) in [5, 5.41) is 23.4. The summed E-state index contributed by atoms with van der Waals surface area (Å²) in [4.78, 5) is 12.3. The maximum atomic E-state index is 12.3. The number of hydrogen-bond donors (Lipinski definition) is 2. The first-order valence-electron chi connectivity index (χ1n) is 7.99. The molecule has 1 aliphatic carbocycles. The Balaban J connectivity index is 1.34. The molecule has 128 valence electrons. The number of carbonyl (C=O) groups excluding carboxylic acids is 1. The first-order valence-corrected chi connectivity index (χ1v) is 7.99. The highest BCUT2D eigenvalue weighted by Crippen LogP contribution is 2.36. The largest absolute Gasteiger partial charge is 0.422 e. The van der Waals surface area contributed by atoms with Gasteiger partial charge in [-0.05, 0) is 12.8 Å². The molecule has 1 fully saturated rings. The summed E-state index contributed by atoms with van der Waals surface area (Å²) in [5.41, 5.74) is 1.52. The smallest absolute Gasteiger partial charge is 0.290 e. The molecule has 1 aliphatic rings. The Morgan fingerprint density at radius 1 is 1.24 bits per heavy atom. The van der Waals surface area contributed by atoms with Crippen molar-refractivity contribution in [2.75, 3.05) is 0 Å². The number of aliphatic hydroxyl groups is 1. The second-order valence-electron chi connectivity index (χ2n) is 5.97. The molecule has 0 spiro atoms. The molecule has 0 bridgehead atoms. The van der Waals surface area contributed by atoms with Crippen LogP contribution < -0.4 is 5.32 Å². The summed E-state index contributed by atoms with van der Waals surface area (Å²) in [6.45, 7) is -0.269. The number of carbonyl (C=O) groups is 1. The first kappa shape index (κ1) is 15.5. The second-order valence-corrected chi connectivity index (χ2v) is 5.97. The molecule has 2 N–H and O–H groups in total. The van der Waals surface area contributed by atoms with Crippen molar-refractivity contribution in [3.8, 4) is 11.3 Å². The topological polar surface area (TPSA) is 114 Å². The summed E-state index contributed by atoms with van der Waals surface area (Å²) in [6.07, 6.45) is 1.41. The van der Waals surface area contributed by atoms with E-state index in [1.54, 1.807) is 6.07 Å². The molecule has 0 saturated heterocycles. The van der Waals surface area contributed by atoms with Gasteiger partial charge in [0.25, 0.3) is 5.91 Å². The van der Waals surface area contributed by atoms with Crippen LogP contribution in [0.4, 0.5) is 0 Å². The molecule has 2 aromatic heterocycles. The van der Waals surface area contributed by atoms with Crippen LogP contribution in [0.1, 0.15) is 41.1 Å². The Morgan fingerprint density at radius 2 is 2.04 bits per heavy atom. The summed E-state index contributed by atoms with van der Waals surface area (Å²) in [5.74, 6) is 0.702. The summed E-state index contributed by atoms with van der Waals surface area (Å²) >= 11 is 0. The highest BCUT2D eigenvalue weighted by Gasteiger charge is 2.35. The van der Waals surface area contributed by atoms with Crippen LogP contribution >= 0.6 is 0 Å². The lowest BCUT2D eigenvalue weighted by atomic mass is 9.80. The van der Waals surface area contributed by atoms with Gasteiger partial charge in [0.2, 0.25) is 17.5 Å². The van der Waals surface area contributed by atoms with E-state index in [2.05, 4.69) is 20.7 Å². The fourth-order valence-electron chi connectivity index (χ4n) is 2.82. The van der Waals surface area contributed by atoms with E-state index in [4.69, 9.17) is 14.0 Å². The lowest BCUT2D eigenvalue weighted by Gasteiger charge is -2.33. The minimum absolute atomic E-state index is 0.0206. The number of amides is 1. The van der Waals surface area contributed by atoms with E-state index in [0.29, 0.717) is 24.4 Å². The van der Waals surface area contributed by atoms with Crippen molar-refractivity contribution in [1.29, 1.82) is 0 Å². The Kier molecular flexibility index (Phi) is 4.02. The van der Waals surface area contributed by atoms with Crippen molar-refractivity contribution in [2.45, 2.75) is 31.4 Å². The van der Waals surface area contributed by atoms with Gasteiger partial charge < -0.3 is 19.4 Å². The summed E-state index contributed by atoms with van der Waals surface area (Å²) < 4.78 is 10.5. The minimum atomic E-state index is -0.292. The number of nitrogens with one attached hydrogen (secondary N) is 1. The molecule has 1 aromatic carbocycles. The van der Waals surface area contributed by atoms with Crippen molar-refractivity contribution >= 4 is 5.91 Å². The van der Waals surface area contributed by atoms with Crippen LogP contribution in [0.25, 0.3) is 11.3 Å². The van der Waals surface area contributed by atoms with Gasteiger partial charge in [-0.2, -0.15) is 0 Å². The highest BCUT2D eigenvalue weighted by molar-refractivity contribution is 5.92. The number of nitrogens with zero attached hydrogens (tertiary/aromatic N) is 3. The number of aromatic nitrogens is 3. The van der Waals surface area contributed by atoms with Crippen molar-refractivity contribution in [2.24, 2.45) is 0 Å². The van der Waals surface area contributed by atoms with Crippen LogP contribution in [0.2, 0.25) is 0 Å². The van der Waals surface area contributed by atoms with E-state index in [1.165, 1.54) is 0 Å². The monoisotopic (exact) mass is 340 g/mol. The van der Waals surface area contributed by atoms with Gasteiger partial charge in [0, 0.05) is 23.6 Å². The van der Waals surface area contributed by atoms with Gasteiger partial charge in [0.15, 0.2) is 0 Å². The SMILES string of the molecule is O=C(NC1CC(c2nnc(CO)o2)C1)c1cc(-c2ccccc2)no1. The molecule has 1 saturated carbocycles. The predicted molar refractivity (Wildman–Crippen MR) is 85.4 cm³/mol. The third-order valence-corrected chi connectivity index (χ3v) is 4.24. The van der Waals surface area contributed by atoms with Crippen molar-refractivity contribution in [1.82, 2.24) is 20.7 Å². The quantitative estimate of drug-likeness (QED) is 0.729. The van der Waals surface area contributed by atoms with Crippen molar-refractivity contribution in [3.05, 3.63) is 53.9 Å². The zero-order valence-corrected chi connectivity index (χ0v) is 13.3. The Bertz CT molecular complexity index is 868. The van der Waals surface area contributed by atoms with Crippen LogP contribution in [0.5, 0.6) is 0 Å². The summed E-state index contributed by atoms with van der Waals surface area (Å²) in [6, 6.07) is 11.2. The van der Waals surface area contributed by atoms with Crippen LogP contribution in [-0.4, -0.2) is 32.4 Å². The van der Waals surface area contributed by atoms with Gasteiger partial charge in [-0.3, -0.25) is 4.79 Å². The minimum Gasteiger partial charge on any atom is -0.422 e. The molecule has 2 heterocycles. The number of hydrogen-bond acceptors (Lipinski definition) is 7. The third kappa shape index (κ3) is 3.16. The average molecular weight is 340 g/mol. The van der Waals surface area contributed by atoms with Gasteiger partial charge in [0.1, 0.15) is 12.3 Å². The van der Waals surface area contributed by atoms with Gasteiger partial charge in [-0.15, -0.1) is 10.2 Å². The second kappa shape index (κ2) is 6.48. The molecule has 1 amide bonds. The maximum Gasteiger partial charge on any atom is 0.290 e. The van der Waals surface area contributed by atoms with Gasteiger partial charge >= 0.3 is 0 Å². The summed E-state index contributed by atoms with van der Waals surface area (Å²) in [7, 11) is 0. The lowest BCUT2D eigenvalue weighted by molar-refractivity contribution is 0.0865. The molecule has 0 atom stereocenters. The van der Waals surface area contributed by atoms with Crippen molar-refractivity contribution < 1.29 is 18.8 Å². The molecule has 0 aliphatic heterocycles. The fraction of sp³-hybridized carbons (Fsp3) is 0.294. The maximum absolute atomic E-state index is 12.3. The van der Waals surface area contributed by atoms with Crippen molar-refractivity contribution in [3.63, 3.8) is 0 Å². The van der Waals surface area contributed by atoms with E-state index in [1.807, 2.05) is 30.3 Å². The normalized spacial score (nSPS) is 19.4. The Morgan fingerprint density at radius 3 is 2.76 bits per heavy atom. The van der Waals surface area contributed by atoms with E-state index < -0.39 is 0 Å². The Labute approximate surface area is 142 Å². The van der Waals surface area contributed by atoms with E-state index in [9.17, 15) is 4.79 Å². The van der Waals surface area contributed by atoms with Gasteiger partial charge in [-0.25, -0.2) is 0 Å². The fourth-order valence-corrected chi connectivity index (χ4v) is 2.82. The Hall–Kier alpha value is -3.00. The molecule has 3 aromatic rings. The number of aliphatic hydroxyl groups excluding tert-OH is 1. The first-order chi connectivity index (χ1) is 12.2. The standard InChI is InChI=1S/C17H16N4O4/c22-9-15-19-20-17(24-15)11-6-12(7-11)18-16(23)14-8-13(21-25-14)10-4-2-1-3-5-10/h1-5,8,11-12,22H,6-7,9H2,(H,18,23). The molecule has 25 heavy (non-hydrogen) atoms. The molecule has 4 rings (SSSR count). The molecule has 0 unspecified atom stereocenters. The van der Waals surface area contributed by atoms with Gasteiger partial charge in [0.05, 0.1) is 0 Å². The van der Waals surface area contributed by atoms with Crippen LogP contribution in [0.15, 0.2) is 45.3 Å². The van der Waals surface area contributed by atoms with E-state index >= 15 is 0 Å². The number of rotatable bonds is 5. The highest BCUT2D eigenvalue weighted by atomic mass is 16.5. The predicted octanol–water partition coefficient (Wildman–Crippen LogP) is 1.89. The zero-order chi connectivity index (χ0) is 17.2.